The first-order chi connectivity index (χ1) is 14.5. The molecule has 31 heavy (non-hydrogen) atoms. The number of carbonyl (C=O) groups excluding carboxylic acids is 1. The van der Waals surface area contributed by atoms with Gasteiger partial charge in [0.1, 0.15) is 22.3 Å². The van der Waals surface area contributed by atoms with E-state index in [4.69, 9.17) is 0 Å². The van der Waals surface area contributed by atoms with Gasteiger partial charge in [0.2, 0.25) is 0 Å². The number of nitrogens with one attached hydrogen (secondary N) is 3. The van der Waals surface area contributed by atoms with Crippen LogP contribution in [-0.2, 0) is 0 Å². The average molecular weight is 451 g/mol. The van der Waals surface area contributed by atoms with Crippen LogP contribution in [0.3, 0.4) is 0 Å². The topological polar surface area (TPSA) is 112 Å². The maximum Gasteiger partial charge on any atom is 0.255 e. The summed E-state index contributed by atoms with van der Waals surface area (Å²) in [5.74, 6) is -0.872. The normalized spacial score (nSPS) is 12.8. The number of anilines is 3. The van der Waals surface area contributed by atoms with E-state index in [0.717, 1.165) is 0 Å². The number of nitrogens with zero attached hydrogens (tertiary/aromatic N) is 3. The Morgan fingerprint density at radius 2 is 2.03 bits per heavy atom. The molecule has 11 heteroatoms. The van der Waals surface area contributed by atoms with Crippen LogP contribution in [-0.4, -0.2) is 50.3 Å². The zero-order chi connectivity index (χ0) is 22.8. The largest absolute Gasteiger partial charge is 0.387 e. The maximum absolute atomic E-state index is 14.3. The molecule has 3 heterocycles. The molecule has 0 aromatic carbocycles. The minimum atomic E-state index is -1.64. The molecule has 166 valence electrons. The van der Waals surface area contributed by atoms with Crippen molar-refractivity contribution in [1.82, 2.24) is 20.3 Å². The van der Waals surface area contributed by atoms with Gasteiger partial charge in [-0.2, -0.15) is 0 Å². The molecule has 1 unspecified atom stereocenters. The summed E-state index contributed by atoms with van der Waals surface area (Å²) < 4.78 is 28.3. The molecule has 3 aromatic heterocycles. The van der Waals surface area contributed by atoms with Crippen LogP contribution < -0.4 is 16.0 Å². The lowest BCUT2D eigenvalue weighted by Gasteiger charge is -2.23. The van der Waals surface area contributed by atoms with E-state index < -0.39 is 23.5 Å². The number of hydrogen-bond acceptors (Lipinski definition) is 8. The molecule has 0 spiro atoms. The van der Waals surface area contributed by atoms with E-state index in [1.807, 2.05) is 13.8 Å². The first-order valence-electron chi connectivity index (χ1n) is 9.62. The van der Waals surface area contributed by atoms with E-state index in [-0.39, 0.29) is 29.8 Å². The van der Waals surface area contributed by atoms with Crippen LogP contribution in [0.2, 0.25) is 0 Å². The number of fused-ring (bicyclic) bond motifs is 1. The molecular formula is C20H24F2N6O2S. The summed E-state index contributed by atoms with van der Waals surface area (Å²) in [5.41, 5.74) is 1.09. The quantitative estimate of drug-likeness (QED) is 0.415. The fraction of sp³-hybridized carbons (Fsp3) is 0.400. The Bertz CT molecular complexity index is 1080. The maximum atomic E-state index is 14.3. The number of aliphatic hydroxyl groups is 1. The van der Waals surface area contributed by atoms with Crippen molar-refractivity contribution in [2.24, 2.45) is 0 Å². The highest BCUT2D eigenvalue weighted by Gasteiger charge is 2.27. The molecular weight excluding hydrogens is 426 g/mol. The second-order valence-corrected chi connectivity index (χ2v) is 8.70. The van der Waals surface area contributed by atoms with Crippen LogP contribution in [0.15, 0.2) is 23.8 Å². The molecule has 8 nitrogen and oxygen atoms in total. The highest BCUT2D eigenvalue weighted by atomic mass is 32.1. The lowest BCUT2D eigenvalue weighted by Crippen LogP contribution is -2.42. The minimum absolute atomic E-state index is 0.0117. The Morgan fingerprint density at radius 3 is 2.71 bits per heavy atom. The van der Waals surface area contributed by atoms with Crippen molar-refractivity contribution in [3.05, 3.63) is 35.2 Å². The van der Waals surface area contributed by atoms with Gasteiger partial charge in [0.05, 0.1) is 28.9 Å². The van der Waals surface area contributed by atoms with Crippen LogP contribution in [0.1, 0.15) is 38.1 Å². The van der Waals surface area contributed by atoms with E-state index >= 15 is 0 Å². The van der Waals surface area contributed by atoms with Crippen LogP contribution in [0, 0.1) is 5.82 Å². The summed E-state index contributed by atoms with van der Waals surface area (Å²) >= 11 is 1.29. The number of hydrogen-bond donors (Lipinski definition) is 4. The number of carbonyl (C=O) groups is 1. The van der Waals surface area contributed by atoms with Gasteiger partial charge < -0.3 is 21.1 Å². The zero-order valence-corrected chi connectivity index (χ0v) is 18.3. The van der Waals surface area contributed by atoms with Crippen molar-refractivity contribution in [3.63, 3.8) is 0 Å². The van der Waals surface area contributed by atoms with Crippen molar-refractivity contribution in [2.75, 3.05) is 17.2 Å². The fourth-order valence-electron chi connectivity index (χ4n) is 2.65. The standard InChI is InChI=1S/C20H24F2N6O2S/c1-10(2)26-13-6-16(27-17-12(21)5-14-19(28-17)31-9-25-14)23-7-11(13)18(29)24-8-15(22)20(3,4)30/h5-7,9-10,15,30H,8H2,1-4H3,(H,24,29)(H2,23,26,27,28). The molecule has 0 aliphatic heterocycles. The van der Waals surface area contributed by atoms with E-state index in [1.54, 1.807) is 11.6 Å². The van der Waals surface area contributed by atoms with E-state index in [9.17, 15) is 18.7 Å². The molecule has 0 bridgehead atoms. The summed E-state index contributed by atoms with van der Waals surface area (Å²) in [6.07, 6.45) is -0.328. The van der Waals surface area contributed by atoms with Gasteiger partial charge in [0.25, 0.3) is 5.91 Å². The zero-order valence-electron chi connectivity index (χ0n) is 17.5. The monoisotopic (exact) mass is 450 g/mol. The number of pyridine rings is 2. The van der Waals surface area contributed by atoms with Crippen LogP contribution >= 0.6 is 11.3 Å². The Morgan fingerprint density at radius 1 is 1.29 bits per heavy atom. The summed E-state index contributed by atoms with van der Waals surface area (Å²) in [7, 11) is 0. The molecule has 3 rings (SSSR count). The Hall–Kier alpha value is -2.92. The smallest absolute Gasteiger partial charge is 0.255 e. The number of aromatic nitrogens is 3. The molecule has 4 N–H and O–H groups in total. The van der Waals surface area contributed by atoms with Gasteiger partial charge in [-0.05, 0) is 27.7 Å². The van der Waals surface area contributed by atoms with Gasteiger partial charge in [-0.15, -0.1) is 11.3 Å². The van der Waals surface area contributed by atoms with Crippen molar-refractivity contribution in [1.29, 1.82) is 0 Å². The second kappa shape index (κ2) is 9.06. The van der Waals surface area contributed by atoms with E-state index in [1.165, 1.54) is 37.4 Å². The second-order valence-electron chi connectivity index (χ2n) is 7.87. The fourth-order valence-corrected chi connectivity index (χ4v) is 3.29. The Labute approximate surface area is 182 Å². The van der Waals surface area contributed by atoms with Crippen molar-refractivity contribution in [2.45, 2.75) is 45.5 Å². The van der Waals surface area contributed by atoms with Crippen molar-refractivity contribution in [3.8, 4) is 0 Å². The SMILES string of the molecule is CC(C)Nc1cc(Nc2nc3scnc3cc2F)ncc1C(=O)NCC(F)C(C)(C)O. The van der Waals surface area contributed by atoms with Gasteiger partial charge >= 0.3 is 0 Å². The predicted molar refractivity (Wildman–Crippen MR) is 117 cm³/mol. The summed E-state index contributed by atoms with van der Waals surface area (Å²) in [6, 6.07) is 2.82. The lowest BCUT2D eigenvalue weighted by atomic mass is 10.0. The first-order valence-corrected chi connectivity index (χ1v) is 10.5. The molecule has 0 fully saturated rings. The number of amides is 1. The molecule has 0 saturated heterocycles. The van der Waals surface area contributed by atoms with Crippen LogP contribution in [0.5, 0.6) is 0 Å². The van der Waals surface area contributed by atoms with Gasteiger partial charge in [-0.3, -0.25) is 4.79 Å². The summed E-state index contributed by atoms with van der Waals surface area (Å²) in [5, 5.41) is 18.1. The third kappa shape index (κ3) is 5.61. The highest BCUT2D eigenvalue weighted by molar-refractivity contribution is 7.16. The number of thiazole rings is 1. The van der Waals surface area contributed by atoms with Crippen molar-refractivity contribution >= 4 is 44.9 Å². The third-order valence-corrected chi connectivity index (χ3v) is 5.06. The number of alkyl halides is 1. The number of halogens is 2. The molecule has 1 amide bonds. The molecule has 3 aromatic rings. The van der Waals surface area contributed by atoms with E-state index in [2.05, 4.69) is 30.9 Å². The van der Waals surface area contributed by atoms with Gasteiger partial charge in [-0.1, -0.05) is 0 Å². The molecule has 0 radical (unpaired) electrons. The molecule has 0 aliphatic rings. The van der Waals surface area contributed by atoms with Gasteiger partial charge in [0, 0.05) is 24.4 Å². The Balaban J connectivity index is 1.83. The summed E-state index contributed by atoms with van der Waals surface area (Å²) in [6.45, 7) is 6.08. The van der Waals surface area contributed by atoms with Crippen LogP contribution in [0.4, 0.5) is 26.1 Å². The third-order valence-electron chi connectivity index (χ3n) is 4.33. The summed E-state index contributed by atoms with van der Waals surface area (Å²) in [4.78, 5) is 25.6. The molecule has 1 atom stereocenters. The van der Waals surface area contributed by atoms with E-state index in [0.29, 0.717) is 16.0 Å². The van der Waals surface area contributed by atoms with Crippen molar-refractivity contribution < 1.29 is 18.7 Å². The van der Waals surface area contributed by atoms with Crippen LogP contribution in [0.25, 0.3) is 10.3 Å². The van der Waals surface area contributed by atoms with Gasteiger partial charge in [0.15, 0.2) is 11.6 Å². The minimum Gasteiger partial charge on any atom is -0.387 e. The van der Waals surface area contributed by atoms with Gasteiger partial charge in [-0.25, -0.2) is 23.7 Å². The number of rotatable bonds is 8. The molecule has 0 saturated carbocycles. The highest BCUT2D eigenvalue weighted by Crippen LogP contribution is 2.26. The lowest BCUT2D eigenvalue weighted by molar-refractivity contribution is -0.00177. The first kappa shape index (κ1) is 22.8. The average Bonchev–Trinajstić information content (AvgIpc) is 3.12. The predicted octanol–water partition coefficient (Wildman–Crippen LogP) is 3.63. The Kier molecular flexibility index (Phi) is 6.65. The molecule has 0 aliphatic carbocycles.